The van der Waals surface area contributed by atoms with Gasteiger partial charge in [0.1, 0.15) is 5.82 Å². The average Bonchev–Trinajstić information content (AvgIpc) is 2.51. The number of hydrogen-bond acceptors (Lipinski definition) is 4. The molecule has 0 bridgehead atoms. The van der Waals surface area contributed by atoms with E-state index >= 15 is 0 Å². The molecule has 5 nitrogen and oxygen atoms in total. The van der Waals surface area contributed by atoms with Gasteiger partial charge in [-0.15, -0.1) is 0 Å². The number of carbonyl (C=O) groups is 1. The molecular weight excluding hydrogens is 266 g/mol. The first-order valence-corrected chi connectivity index (χ1v) is 7.00. The number of nitrogens with one attached hydrogen (secondary N) is 2. The number of carbonyl (C=O) groups excluding carboxylic acids is 1. The summed E-state index contributed by atoms with van der Waals surface area (Å²) in [6, 6.07) is 13.3. The van der Waals surface area contributed by atoms with E-state index in [0.717, 1.165) is 18.5 Å². The summed E-state index contributed by atoms with van der Waals surface area (Å²) in [7, 11) is 0. The number of pyridine rings is 1. The van der Waals surface area contributed by atoms with Crippen molar-refractivity contribution in [3.05, 3.63) is 48.7 Å². The Morgan fingerprint density at radius 2 is 1.95 bits per heavy atom. The Balaban J connectivity index is 1.85. The van der Waals surface area contributed by atoms with Crippen LogP contribution in [0.4, 0.5) is 22.0 Å². The second kappa shape index (κ2) is 7.89. The van der Waals surface area contributed by atoms with E-state index in [-0.39, 0.29) is 0 Å². The number of rotatable bonds is 6. The van der Waals surface area contributed by atoms with Crippen LogP contribution in [0.25, 0.3) is 0 Å². The lowest BCUT2D eigenvalue weighted by Crippen LogP contribution is -2.14. The van der Waals surface area contributed by atoms with E-state index in [4.69, 9.17) is 4.74 Å². The zero-order chi connectivity index (χ0) is 14.9. The van der Waals surface area contributed by atoms with Crippen molar-refractivity contribution in [3.63, 3.8) is 0 Å². The lowest BCUT2D eigenvalue weighted by Gasteiger charge is -2.08. The van der Waals surface area contributed by atoms with Gasteiger partial charge in [-0.3, -0.25) is 5.32 Å². The summed E-state index contributed by atoms with van der Waals surface area (Å²) < 4.78 is 5.02. The Kier molecular flexibility index (Phi) is 5.58. The molecule has 0 aliphatic rings. The molecule has 0 spiro atoms. The SMILES string of the molecule is CCCCOC(=O)Nc1ccc(Nc2ccccc2)nc1. The van der Waals surface area contributed by atoms with Gasteiger partial charge in [-0.1, -0.05) is 31.5 Å². The van der Waals surface area contributed by atoms with E-state index in [1.807, 2.05) is 37.3 Å². The quantitative estimate of drug-likeness (QED) is 0.782. The van der Waals surface area contributed by atoms with Gasteiger partial charge in [0.2, 0.25) is 0 Å². The lowest BCUT2D eigenvalue weighted by molar-refractivity contribution is 0.160. The van der Waals surface area contributed by atoms with Gasteiger partial charge in [0.05, 0.1) is 18.5 Å². The summed E-state index contributed by atoms with van der Waals surface area (Å²) in [5.41, 5.74) is 1.57. The molecular formula is C16H19N3O2. The number of unbranched alkanes of at least 4 members (excludes halogenated alkanes) is 1. The van der Waals surface area contributed by atoms with Crippen molar-refractivity contribution >= 4 is 23.3 Å². The summed E-state index contributed by atoms with van der Waals surface area (Å²) in [6.45, 7) is 2.48. The predicted molar refractivity (Wildman–Crippen MR) is 83.8 cm³/mol. The van der Waals surface area contributed by atoms with Crippen molar-refractivity contribution in [2.75, 3.05) is 17.2 Å². The van der Waals surface area contributed by atoms with Crippen LogP contribution >= 0.6 is 0 Å². The Labute approximate surface area is 124 Å². The second-order valence-corrected chi connectivity index (χ2v) is 4.54. The van der Waals surface area contributed by atoms with Gasteiger partial charge in [0.25, 0.3) is 0 Å². The van der Waals surface area contributed by atoms with E-state index in [1.165, 1.54) is 0 Å². The molecule has 0 atom stereocenters. The fourth-order valence-electron chi connectivity index (χ4n) is 1.67. The summed E-state index contributed by atoms with van der Waals surface area (Å²) in [5.74, 6) is 0.714. The van der Waals surface area contributed by atoms with Crippen molar-refractivity contribution in [3.8, 4) is 0 Å². The molecule has 1 aromatic heterocycles. The van der Waals surface area contributed by atoms with Crippen LogP contribution in [0.1, 0.15) is 19.8 Å². The number of benzene rings is 1. The van der Waals surface area contributed by atoms with Crippen LogP contribution in [0.15, 0.2) is 48.7 Å². The summed E-state index contributed by atoms with van der Waals surface area (Å²) in [4.78, 5) is 15.7. The van der Waals surface area contributed by atoms with E-state index < -0.39 is 6.09 Å². The minimum absolute atomic E-state index is 0.434. The fraction of sp³-hybridized carbons (Fsp3) is 0.250. The first kappa shape index (κ1) is 14.8. The molecule has 0 aliphatic carbocycles. The number of para-hydroxylation sites is 1. The van der Waals surface area contributed by atoms with Crippen molar-refractivity contribution < 1.29 is 9.53 Å². The smallest absolute Gasteiger partial charge is 0.411 e. The molecule has 0 radical (unpaired) electrons. The molecule has 2 N–H and O–H groups in total. The van der Waals surface area contributed by atoms with Crippen LogP contribution in [-0.2, 0) is 4.74 Å². The van der Waals surface area contributed by atoms with Gasteiger partial charge in [-0.25, -0.2) is 9.78 Å². The Morgan fingerprint density at radius 3 is 2.62 bits per heavy atom. The number of hydrogen-bond donors (Lipinski definition) is 2. The van der Waals surface area contributed by atoms with Crippen molar-refractivity contribution in [2.45, 2.75) is 19.8 Å². The van der Waals surface area contributed by atoms with Gasteiger partial charge in [0, 0.05) is 5.69 Å². The highest BCUT2D eigenvalue weighted by Crippen LogP contribution is 2.15. The van der Waals surface area contributed by atoms with Crippen molar-refractivity contribution in [1.29, 1.82) is 0 Å². The molecule has 21 heavy (non-hydrogen) atoms. The Morgan fingerprint density at radius 1 is 1.14 bits per heavy atom. The Bertz CT molecular complexity index is 555. The van der Waals surface area contributed by atoms with Gasteiger partial charge in [-0.05, 0) is 30.7 Å². The third kappa shape index (κ3) is 5.14. The zero-order valence-corrected chi connectivity index (χ0v) is 12.0. The number of anilines is 3. The molecule has 0 unspecified atom stereocenters. The summed E-state index contributed by atoms with van der Waals surface area (Å²) in [5, 5.41) is 5.81. The third-order valence-electron chi connectivity index (χ3n) is 2.79. The highest BCUT2D eigenvalue weighted by atomic mass is 16.5. The predicted octanol–water partition coefficient (Wildman–Crippen LogP) is 4.17. The molecule has 110 valence electrons. The van der Waals surface area contributed by atoms with Gasteiger partial charge in [-0.2, -0.15) is 0 Å². The largest absolute Gasteiger partial charge is 0.449 e. The monoisotopic (exact) mass is 285 g/mol. The van der Waals surface area contributed by atoms with Crippen LogP contribution in [0.5, 0.6) is 0 Å². The van der Waals surface area contributed by atoms with Gasteiger partial charge >= 0.3 is 6.09 Å². The van der Waals surface area contributed by atoms with Gasteiger partial charge in [0.15, 0.2) is 0 Å². The summed E-state index contributed by atoms with van der Waals surface area (Å²) >= 11 is 0. The highest BCUT2D eigenvalue weighted by Gasteiger charge is 2.03. The molecule has 0 aliphatic heterocycles. The molecule has 0 saturated carbocycles. The van der Waals surface area contributed by atoms with E-state index in [1.54, 1.807) is 18.3 Å². The Hall–Kier alpha value is -2.56. The first-order chi connectivity index (χ1) is 10.3. The van der Waals surface area contributed by atoms with Crippen LogP contribution in [0, 0.1) is 0 Å². The minimum atomic E-state index is -0.450. The average molecular weight is 285 g/mol. The molecule has 2 aromatic rings. The van der Waals surface area contributed by atoms with Crippen LogP contribution in [0.2, 0.25) is 0 Å². The molecule has 1 amide bonds. The van der Waals surface area contributed by atoms with Crippen molar-refractivity contribution in [2.24, 2.45) is 0 Å². The van der Waals surface area contributed by atoms with E-state index in [2.05, 4.69) is 15.6 Å². The maximum Gasteiger partial charge on any atom is 0.411 e. The highest BCUT2D eigenvalue weighted by molar-refractivity contribution is 5.84. The van der Waals surface area contributed by atoms with E-state index in [0.29, 0.717) is 18.1 Å². The van der Waals surface area contributed by atoms with Crippen molar-refractivity contribution in [1.82, 2.24) is 4.98 Å². The standard InChI is InChI=1S/C16H19N3O2/c1-2-3-11-21-16(20)19-14-9-10-15(17-12-14)18-13-7-5-4-6-8-13/h4-10,12H,2-3,11H2,1H3,(H,17,18)(H,19,20). The molecule has 1 heterocycles. The number of aromatic nitrogens is 1. The third-order valence-corrected chi connectivity index (χ3v) is 2.79. The van der Waals surface area contributed by atoms with Crippen LogP contribution in [-0.4, -0.2) is 17.7 Å². The molecule has 1 aromatic carbocycles. The summed E-state index contributed by atoms with van der Waals surface area (Å²) in [6.07, 6.45) is 3.00. The topological polar surface area (TPSA) is 63.2 Å². The van der Waals surface area contributed by atoms with Crippen LogP contribution in [0.3, 0.4) is 0 Å². The fourth-order valence-corrected chi connectivity index (χ4v) is 1.67. The number of amides is 1. The zero-order valence-electron chi connectivity index (χ0n) is 12.0. The normalized spacial score (nSPS) is 9.95. The molecule has 0 fully saturated rings. The number of ether oxygens (including phenoxy) is 1. The minimum Gasteiger partial charge on any atom is -0.449 e. The molecule has 5 heteroatoms. The lowest BCUT2D eigenvalue weighted by atomic mass is 10.3. The molecule has 0 saturated heterocycles. The number of nitrogens with zero attached hydrogens (tertiary/aromatic N) is 1. The maximum atomic E-state index is 11.5. The maximum absolute atomic E-state index is 11.5. The van der Waals surface area contributed by atoms with Gasteiger partial charge < -0.3 is 10.1 Å². The van der Waals surface area contributed by atoms with E-state index in [9.17, 15) is 4.79 Å². The molecule has 2 rings (SSSR count). The second-order valence-electron chi connectivity index (χ2n) is 4.54. The van der Waals surface area contributed by atoms with Crippen LogP contribution < -0.4 is 10.6 Å². The first-order valence-electron chi connectivity index (χ1n) is 7.00.